The molecule has 0 aromatic heterocycles. The number of carbonyl (C=O) groups excluding carboxylic acids is 1. The number of aliphatic carboxylic acids is 1. The Labute approximate surface area is 122 Å². The second-order valence-corrected chi connectivity index (χ2v) is 5.38. The Kier molecular flexibility index (Phi) is 4.45. The number of allylic oxidation sites excluding steroid dienone is 1. The molecule has 0 aliphatic carbocycles. The monoisotopic (exact) mass is 293 g/mol. The maximum absolute atomic E-state index is 12.1. The van der Waals surface area contributed by atoms with Crippen molar-refractivity contribution in [1.29, 1.82) is 0 Å². The normalized spacial score (nSPS) is 19.2. The molecule has 1 aromatic carbocycles. The van der Waals surface area contributed by atoms with Crippen LogP contribution in [-0.4, -0.2) is 35.0 Å². The lowest BCUT2D eigenvalue weighted by Crippen LogP contribution is -2.28. The van der Waals surface area contributed by atoms with Crippen LogP contribution in [0.1, 0.15) is 18.9 Å². The largest absolute Gasteiger partial charge is 0.481 e. The van der Waals surface area contributed by atoms with E-state index in [1.54, 1.807) is 17.0 Å². The summed E-state index contributed by atoms with van der Waals surface area (Å²) in [7, 11) is 0. The molecule has 1 saturated heterocycles. The molecule has 5 heteroatoms. The first-order valence-electron chi connectivity index (χ1n) is 6.43. The van der Waals surface area contributed by atoms with Gasteiger partial charge >= 0.3 is 5.97 Å². The van der Waals surface area contributed by atoms with Crippen molar-refractivity contribution >= 4 is 29.1 Å². The van der Waals surface area contributed by atoms with Gasteiger partial charge in [0.1, 0.15) is 0 Å². The number of carboxylic acids is 1. The number of likely N-dealkylation sites (tertiary alicyclic amines) is 1. The van der Waals surface area contributed by atoms with Crippen molar-refractivity contribution in [2.24, 2.45) is 5.92 Å². The molecular weight excluding hydrogens is 278 g/mol. The summed E-state index contributed by atoms with van der Waals surface area (Å²) < 4.78 is 0. The van der Waals surface area contributed by atoms with Gasteiger partial charge in [-0.2, -0.15) is 0 Å². The molecule has 1 heterocycles. The van der Waals surface area contributed by atoms with Crippen LogP contribution in [-0.2, 0) is 9.59 Å². The van der Waals surface area contributed by atoms with E-state index in [2.05, 4.69) is 0 Å². The highest BCUT2D eigenvalue weighted by atomic mass is 35.5. The van der Waals surface area contributed by atoms with Crippen LogP contribution in [0.3, 0.4) is 0 Å². The summed E-state index contributed by atoms with van der Waals surface area (Å²) in [5, 5.41) is 9.56. The van der Waals surface area contributed by atoms with Gasteiger partial charge in [0.2, 0.25) is 5.91 Å². The summed E-state index contributed by atoms with van der Waals surface area (Å²) >= 11 is 5.92. The molecule has 4 nitrogen and oxygen atoms in total. The van der Waals surface area contributed by atoms with E-state index in [1.807, 2.05) is 19.1 Å². The lowest BCUT2D eigenvalue weighted by molar-refractivity contribution is -0.141. The van der Waals surface area contributed by atoms with Crippen LogP contribution in [0.15, 0.2) is 30.3 Å². The molecule has 1 unspecified atom stereocenters. The number of benzene rings is 1. The minimum Gasteiger partial charge on any atom is -0.481 e. The molecule has 1 aliphatic heterocycles. The fraction of sp³-hybridized carbons (Fsp3) is 0.333. The third-order valence-corrected chi connectivity index (χ3v) is 3.70. The van der Waals surface area contributed by atoms with Crippen LogP contribution in [0, 0.1) is 5.92 Å². The zero-order valence-electron chi connectivity index (χ0n) is 11.2. The van der Waals surface area contributed by atoms with Gasteiger partial charge in [-0.15, -0.1) is 0 Å². The SMILES string of the molecule is CC(=CC(=O)N1CCC(C(=O)O)C1)c1cccc(Cl)c1. The van der Waals surface area contributed by atoms with Crippen molar-refractivity contribution in [3.63, 3.8) is 0 Å². The molecule has 2 rings (SSSR count). The highest BCUT2D eigenvalue weighted by Crippen LogP contribution is 2.21. The Morgan fingerprint density at radius 2 is 2.20 bits per heavy atom. The summed E-state index contributed by atoms with van der Waals surface area (Å²) in [6.45, 7) is 2.62. The predicted molar refractivity (Wildman–Crippen MR) is 77.4 cm³/mol. The average molecular weight is 294 g/mol. The quantitative estimate of drug-likeness (QED) is 0.872. The Balaban J connectivity index is 2.07. The molecule has 1 amide bonds. The number of hydrogen-bond acceptors (Lipinski definition) is 2. The van der Waals surface area contributed by atoms with E-state index in [-0.39, 0.29) is 12.5 Å². The van der Waals surface area contributed by atoms with Crippen LogP contribution >= 0.6 is 11.6 Å². The number of hydrogen-bond donors (Lipinski definition) is 1. The molecule has 0 bridgehead atoms. The zero-order chi connectivity index (χ0) is 14.7. The summed E-state index contributed by atoms with van der Waals surface area (Å²) in [5.74, 6) is -1.43. The number of carbonyl (C=O) groups is 2. The topological polar surface area (TPSA) is 57.6 Å². The van der Waals surface area contributed by atoms with Crippen molar-refractivity contribution in [2.75, 3.05) is 13.1 Å². The molecule has 1 aliphatic rings. The van der Waals surface area contributed by atoms with Gasteiger partial charge in [0.25, 0.3) is 0 Å². The summed E-state index contributed by atoms with van der Waals surface area (Å²) in [6, 6.07) is 7.29. The molecule has 1 atom stereocenters. The van der Waals surface area contributed by atoms with Crippen LogP contribution in [0.5, 0.6) is 0 Å². The fourth-order valence-corrected chi connectivity index (χ4v) is 2.45. The van der Waals surface area contributed by atoms with Crippen molar-refractivity contribution in [3.8, 4) is 0 Å². The maximum Gasteiger partial charge on any atom is 0.308 e. The van der Waals surface area contributed by atoms with Crippen molar-refractivity contribution in [2.45, 2.75) is 13.3 Å². The lowest BCUT2D eigenvalue weighted by Gasteiger charge is -2.14. The standard InChI is InChI=1S/C15H16ClNO3/c1-10(11-3-2-4-13(16)8-11)7-14(18)17-6-5-12(9-17)15(19)20/h2-4,7-8,12H,5-6,9H2,1H3,(H,19,20). The molecule has 1 fully saturated rings. The Morgan fingerprint density at radius 3 is 2.80 bits per heavy atom. The van der Waals surface area contributed by atoms with Gasteiger partial charge in [-0.3, -0.25) is 9.59 Å². The summed E-state index contributed by atoms with van der Waals surface area (Å²) in [5.41, 5.74) is 1.70. The summed E-state index contributed by atoms with van der Waals surface area (Å²) in [6.07, 6.45) is 2.06. The third-order valence-electron chi connectivity index (χ3n) is 3.47. The maximum atomic E-state index is 12.1. The highest BCUT2D eigenvalue weighted by molar-refractivity contribution is 6.30. The van der Waals surface area contributed by atoms with E-state index in [1.165, 1.54) is 6.08 Å². The molecule has 20 heavy (non-hydrogen) atoms. The van der Waals surface area contributed by atoms with Gasteiger partial charge in [-0.1, -0.05) is 23.7 Å². The van der Waals surface area contributed by atoms with E-state index in [9.17, 15) is 9.59 Å². The first-order chi connectivity index (χ1) is 9.47. The Bertz CT molecular complexity index is 568. The Morgan fingerprint density at radius 1 is 1.45 bits per heavy atom. The van der Waals surface area contributed by atoms with Crippen molar-refractivity contribution in [3.05, 3.63) is 40.9 Å². The first kappa shape index (κ1) is 14.6. The predicted octanol–water partition coefficient (Wildman–Crippen LogP) is 2.68. The number of carboxylic acid groups (broad SMARTS) is 1. The van der Waals surface area contributed by atoms with Gasteiger partial charge in [0, 0.05) is 24.2 Å². The lowest BCUT2D eigenvalue weighted by atomic mass is 10.1. The van der Waals surface area contributed by atoms with Gasteiger partial charge in [-0.05, 0) is 36.6 Å². The van der Waals surface area contributed by atoms with Gasteiger partial charge in [0.05, 0.1) is 5.92 Å². The number of nitrogens with zero attached hydrogens (tertiary/aromatic N) is 1. The first-order valence-corrected chi connectivity index (χ1v) is 6.81. The smallest absolute Gasteiger partial charge is 0.308 e. The van der Waals surface area contributed by atoms with Crippen LogP contribution < -0.4 is 0 Å². The molecule has 1 N–H and O–H groups in total. The Hall–Kier alpha value is -1.81. The van der Waals surface area contributed by atoms with Crippen LogP contribution in [0.2, 0.25) is 5.02 Å². The number of rotatable bonds is 3. The van der Waals surface area contributed by atoms with E-state index >= 15 is 0 Å². The van der Waals surface area contributed by atoms with Gasteiger partial charge < -0.3 is 10.0 Å². The molecular formula is C15H16ClNO3. The molecule has 1 aromatic rings. The van der Waals surface area contributed by atoms with E-state index < -0.39 is 11.9 Å². The number of amides is 1. The molecule has 106 valence electrons. The second kappa shape index (κ2) is 6.09. The van der Waals surface area contributed by atoms with Crippen LogP contribution in [0.25, 0.3) is 5.57 Å². The van der Waals surface area contributed by atoms with E-state index in [0.717, 1.165) is 11.1 Å². The molecule has 0 radical (unpaired) electrons. The molecule has 0 saturated carbocycles. The van der Waals surface area contributed by atoms with E-state index in [4.69, 9.17) is 16.7 Å². The minimum atomic E-state index is -0.837. The zero-order valence-corrected chi connectivity index (χ0v) is 11.9. The van der Waals surface area contributed by atoms with Crippen LogP contribution in [0.4, 0.5) is 0 Å². The van der Waals surface area contributed by atoms with E-state index in [0.29, 0.717) is 18.0 Å². The second-order valence-electron chi connectivity index (χ2n) is 4.95. The van der Waals surface area contributed by atoms with Gasteiger partial charge in [0.15, 0.2) is 0 Å². The van der Waals surface area contributed by atoms with Crippen molar-refractivity contribution in [1.82, 2.24) is 4.90 Å². The van der Waals surface area contributed by atoms with Crippen molar-refractivity contribution < 1.29 is 14.7 Å². The highest BCUT2D eigenvalue weighted by Gasteiger charge is 2.29. The number of halogens is 1. The van der Waals surface area contributed by atoms with Gasteiger partial charge in [-0.25, -0.2) is 0 Å². The fourth-order valence-electron chi connectivity index (χ4n) is 2.26. The third kappa shape index (κ3) is 3.39. The molecule has 0 spiro atoms. The summed E-state index contributed by atoms with van der Waals surface area (Å²) in [4.78, 5) is 24.6. The minimum absolute atomic E-state index is 0.147. The average Bonchev–Trinajstić information content (AvgIpc) is 2.88.